The normalized spacial score (nSPS) is 15.9. The molecule has 0 aliphatic carbocycles. The number of ether oxygens (including phenoxy) is 3. The van der Waals surface area contributed by atoms with Crippen LogP contribution in [0.25, 0.3) is 0 Å². The van der Waals surface area contributed by atoms with Gasteiger partial charge in [0.05, 0.1) is 0 Å². The first-order valence-corrected chi connectivity index (χ1v) is 7.09. The zero-order valence-corrected chi connectivity index (χ0v) is 12.8. The minimum absolute atomic E-state index is 0.0811. The largest absolute Gasteiger partial charge is 0.456 e. The van der Waals surface area contributed by atoms with Gasteiger partial charge in [0, 0.05) is 12.6 Å². The van der Waals surface area contributed by atoms with Gasteiger partial charge < -0.3 is 19.1 Å². The summed E-state index contributed by atoms with van der Waals surface area (Å²) in [6.45, 7) is -1.00. The molecule has 0 saturated carbocycles. The lowest BCUT2D eigenvalue weighted by Gasteiger charge is -2.13. The maximum atomic E-state index is 12.0. The van der Waals surface area contributed by atoms with Gasteiger partial charge in [0.25, 0.3) is 5.91 Å². The molecule has 1 saturated heterocycles. The highest BCUT2D eigenvalue weighted by atomic mass is 16.7. The van der Waals surface area contributed by atoms with Gasteiger partial charge in [-0.2, -0.15) is 0 Å². The minimum Gasteiger partial charge on any atom is -0.456 e. The first-order valence-electron chi connectivity index (χ1n) is 7.09. The number of imide groups is 1. The molecule has 1 aromatic carbocycles. The smallest absolute Gasteiger partial charge is 0.327 e. The Morgan fingerprint density at radius 3 is 2.67 bits per heavy atom. The molecule has 3 amide bonds. The highest BCUT2D eigenvalue weighted by Crippen LogP contribution is 2.32. The summed E-state index contributed by atoms with van der Waals surface area (Å²) in [5, 5.41) is 0. The Labute approximate surface area is 136 Å². The number of amides is 3. The van der Waals surface area contributed by atoms with Gasteiger partial charge in [-0.3, -0.25) is 19.3 Å². The molecule has 0 bridgehead atoms. The third-order valence-corrected chi connectivity index (χ3v) is 3.58. The lowest BCUT2D eigenvalue weighted by Crippen LogP contribution is -2.37. The second kappa shape index (κ2) is 6.19. The number of ketones is 1. The molecule has 0 aromatic heterocycles. The molecular formula is C15H14N2O7. The standard InChI is InChI=1S/C15H14N2O7/c1-16-5-13(19)17(15(16)21)6-14(20)22-7-10(18)9-2-3-11-12(4-9)24-8-23-11/h2-4H,5-8H2,1H3. The Bertz CT molecular complexity index is 731. The van der Waals surface area contributed by atoms with Crippen molar-refractivity contribution in [2.75, 3.05) is 33.5 Å². The van der Waals surface area contributed by atoms with Gasteiger partial charge in [-0.15, -0.1) is 0 Å². The number of nitrogens with zero attached hydrogens (tertiary/aromatic N) is 2. The fraction of sp³-hybridized carbons (Fsp3) is 0.333. The molecule has 0 unspecified atom stereocenters. The summed E-state index contributed by atoms with van der Waals surface area (Å²) in [5.74, 6) is -0.761. The van der Waals surface area contributed by atoms with Crippen molar-refractivity contribution < 1.29 is 33.4 Å². The number of carbonyl (C=O) groups is 4. The minimum atomic E-state index is -0.832. The molecule has 126 valence electrons. The molecule has 0 N–H and O–H groups in total. The van der Waals surface area contributed by atoms with Crippen molar-refractivity contribution in [2.45, 2.75) is 0 Å². The van der Waals surface area contributed by atoms with E-state index in [1.807, 2.05) is 0 Å². The van der Waals surface area contributed by atoms with E-state index in [-0.39, 0.29) is 13.3 Å². The summed E-state index contributed by atoms with van der Waals surface area (Å²) in [5.41, 5.74) is 0.306. The van der Waals surface area contributed by atoms with Gasteiger partial charge >= 0.3 is 12.0 Å². The number of rotatable bonds is 5. The van der Waals surface area contributed by atoms with Crippen LogP contribution in [0.5, 0.6) is 11.5 Å². The molecule has 2 aliphatic heterocycles. The van der Waals surface area contributed by atoms with Crippen molar-refractivity contribution in [1.82, 2.24) is 9.80 Å². The molecule has 1 aromatic rings. The van der Waals surface area contributed by atoms with Crippen molar-refractivity contribution in [3.05, 3.63) is 23.8 Å². The van der Waals surface area contributed by atoms with Crippen LogP contribution < -0.4 is 9.47 Å². The first kappa shape index (κ1) is 15.8. The number of esters is 1. The molecule has 2 heterocycles. The highest BCUT2D eigenvalue weighted by Gasteiger charge is 2.35. The van der Waals surface area contributed by atoms with E-state index in [2.05, 4.69) is 0 Å². The summed E-state index contributed by atoms with van der Waals surface area (Å²) < 4.78 is 15.2. The van der Waals surface area contributed by atoms with E-state index in [0.717, 1.165) is 4.90 Å². The first-order chi connectivity index (χ1) is 11.5. The van der Waals surface area contributed by atoms with Crippen LogP contribution >= 0.6 is 0 Å². The fourth-order valence-electron chi connectivity index (χ4n) is 2.30. The monoisotopic (exact) mass is 334 g/mol. The molecule has 9 nitrogen and oxygen atoms in total. The van der Waals surface area contributed by atoms with E-state index >= 15 is 0 Å². The summed E-state index contributed by atoms with van der Waals surface area (Å²) in [6, 6.07) is 4.06. The molecule has 0 radical (unpaired) electrons. The van der Waals surface area contributed by atoms with E-state index in [1.54, 1.807) is 6.07 Å². The van der Waals surface area contributed by atoms with Crippen molar-refractivity contribution >= 4 is 23.7 Å². The summed E-state index contributed by atoms with van der Waals surface area (Å²) in [4.78, 5) is 49.0. The number of likely N-dealkylation sites (N-methyl/N-ethyl adjacent to an activating group) is 1. The molecular weight excluding hydrogens is 320 g/mol. The average molecular weight is 334 g/mol. The zero-order valence-electron chi connectivity index (χ0n) is 12.8. The van der Waals surface area contributed by atoms with Crippen LogP contribution in [0.1, 0.15) is 10.4 Å². The number of fused-ring (bicyclic) bond motifs is 1. The zero-order chi connectivity index (χ0) is 17.3. The topological polar surface area (TPSA) is 102 Å². The van der Waals surface area contributed by atoms with Crippen molar-refractivity contribution in [3.63, 3.8) is 0 Å². The van der Waals surface area contributed by atoms with Crippen LogP contribution in [0.3, 0.4) is 0 Å². The van der Waals surface area contributed by atoms with Crippen LogP contribution in [0.2, 0.25) is 0 Å². The van der Waals surface area contributed by atoms with E-state index < -0.39 is 36.8 Å². The molecule has 24 heavy (non-hydrogen) atoms. The van der Waals surface area contributed by atoms with E-state index in [0.29, 0.717) is 17.1 Å². The summed E-state index contributed by atoms with van der Waals surface area (Å²) in [7, 11) is 1.45. The predicted octanol–water partition coefficient (Wildman–Crippen LogP) is 0.0352. The van der Waals surface area contributed by atoms with Crippen molar-refractivity contribution in [3.8, 4) is 11.5 Å². The highest BCUT2D eigenvalue weighted by molar-refractivity contribution is 6.04. The average Bonchev–Trinajstić information content (AvgIpc) is 3.12. The van der Waals surface area contributed by atoms with Gasteiger partial charge in [0.1, 0.15) is 13.1 Å². The van der Waals surface area contributed by atoms with Crippen molar-refractivity contribution in [1.29, 1.82) is 0 Å². The lowest BCUT2D eigenvalue weighted by molar-refractivity contribution is -0.145. The van der Waals surface area contributed by atoms with Gasteiger partial charge in [-0.1, -0.05) is 0 Å². The van der Waals surface area contributed by atoms with E-state index in [9.17, 15) is 19.2 Å². The van der Waals surface area contributed by atoms with Crippen molar-refractivity contribution in [2.24, 2.45) is 0 Å². The Kier molecular flexibility index (Phi) is 4.07. The van der Waals surface area contributed by atoms with Gasteiger partial charge in [0.2, 0.25) is 6.79 Å². The number of carbonyl (C=O) groups excluding carboxylic acids is 4. The number of urea groups is 1. The third kappa shape index (κ3) is 3.00. The number of Topliss-reactive ketones (excluding diaryl/α,β-unsaturated/α-hetero) is 1. The van der Waals surface area contributed by atoms with Crippen LogP contribution in [0.4, 0.5) is 4.79 Å². The number of hydrogen-bond acceptors (Lipinski definition) is 7. The summed E-state index contributed by atoms with van der Waals surface area (Å²) >= 11 is 0. The Morgan fingerprint density at radius 1 is 1.21 bits per heavy atom. The second-order valence-electron chi connectivity index (χ2n) is 5.27. The quantitative estimate of drug-likeness (QED) is 0.425. The van der Waals surface area contributed by atoms with Crippen LogP contribution in [-0.2, 0) is 14.3 Å². The molecule has 0 spiro atoms. The molecule has 9 heteroatoms. The van der Waals surface area contributed by atoms with Gasteiger partial charge in [-0.25, -0.2) is 4.79 Å². The maximum Gasteiger partial charge on any atom is 0.327 e. The summed E-state index contributed by atoms with van der Waals surface area (Å²) in [6.07, 6.45) is 0. The van der Waals surface area contributed by atoms with Crippen LogP contribution in [-0.4, -0.2) is 67.0 Å². The van der Waals surface area contributed by atoms with Gasteiger partial charge in [0.15, 0.2) is 23.9 Å². The Hall–Kier alpha value is -3.10. The van der Waals surface area contributed by atoms with Gasteiger partial charge in [-0.05, 0) is 18.2 Å². The van der Waals surface area contributed by atoms with Crippen LogP contribution in [0, 0.1) is 0 Å². The lowest BCUT2D eigenvalue weighted by atomic mass is 10.1. The van der Waals surface area contributed by atoms with E-state index in [4.69, 9.17) is 14.2 Å². The number of benzene rings is 1. The third-order valence-electron chi connectivity index (χ3n) is 3.58. The molecule has 2 aliphatic rings. The number of hydrogen-bond donors (Lipinski definition) is 0. The molecule has 1 fully saturated rings. The second-order valence-corrected chi connectivity index (χ2v) is 5.27. The molecule has 3 rings (SSSR count). The predicted molar refractivity (Wildman–Crippen MR) is 77.6 cm³/mol. The van der Waals surface area contributed by atoms with Crippen LogP contribution in [0.15, 0.2) is 18.2 Å². The Balaban J connectivity index is 1.54. The van der Waals surface area contributed by atoms with E-state index in [1.165, 1.54) is 24.1 Å². The Morgan fingerprint density at radius 2 is 1.96 bits per heavy atom. The molecule has 0 atom stereocenters. The maximum absolute atomic E-state index is 12.0. The fourth-order valence-corrected chi connectivity index (χ4v) is 2.30. The SMILES string of the molecule is CN1CC(=O)N(CC(=O)OCC(=O)c2ccc3c(c2)OCO3)C1=O.